The third kappa shape index (κ3) is 6.42. The summed E-state index contributed by atoms with van der Waals surface area (Å²) in [7, 11) is 0.253. The molecule has 1 atom stereocenters. The van der Waals surface area contributed by atoms with Gasteiger partial charge in [0.1, 0.15) is 0 Å². The summed E-state index contributed by atoms with van der Waals surface area (Å²) in [5, 5.41) is 10.3. The third-order valence-electron chi connectivity index (χ3n) is 7.39. The zero-order chi connectivity index (χ0) is 27.4. The number of rotatable bonds is 7. The number of anilines is 2. The van der Waals surface area contributed by atoms with Crippen molar-refractivity contribution in [2.75, 3.05) is 24.0 Å². The summed E-state index contributed by atoms with van der Waals surface area (Å²) in [6, 6.07) is 25.7. The molecule has 0 radical (unpaired) electrons. The number of hydrogen-bond acceptors (Lipinski definition) is 6. The number of hydrogen-bond donors (Lipinski definition) is 2. The van der Waals surface area contributed by atoms with E-state index in [9.17, 15) is 8.42 Å². The summed E-state index contributed by atoms with van der Waals surface area (Å²) in [6.45, 7) is 0. The number of thiocarbonyl (C=S) groups is 1. The summed E-state index contributed by atoms with van der Waals surface area (Å²) in [5.74, 6) is 0. The highest BCUT2D eigenvalue weighted by atomic mass is 32.2. The Morgan fingerprint density at radius 3 is 2.23 bits per heavy atom. The molecule has 0 bridgehead atoms. The van der Waals surface area contributed by atoms with Gasteiger partial charge in [0.15, 0.2) is 5.11 Å². The van der Waals surface area contributed by atoms with Crippen molar-refractivity contribution in [3.8, 4) is 0 Å². The van der Waals surface area contributed by atoms with Crippen LogP contribution < -0.4 is 19.9 Å². The lowest BCUT2D eigenvalue weighted by atomic mass is 9.96. The Morgan fingerprint density at radius 2 is 1.59 bits per heavy atom. The fourth-order valence-electron chi connectivity index (χ4n) is 5.23. The zero-order valence-electron chi connectivity index (χ0n) is 22.4. The van der Waals surface area contributed by atoms with Crippen LogP contribution in [0.5, 0.6) is 0 Å². The first-order chi connectivity index (χ1) is 18.8. The van der Waals surface area contributed by atoms with Gasteiger partial charge in [0.2, 0.25) is 0 Å². The zero-order valence-corrected chi connectivity index (χ0v) is 24.0. The van der Waals surface area contributed by atoms with Crippen LogP contribution in [0.2, 0.25) is 0 Å². The highest BCUT2D eigenvalue weighted by Crippen LogP contribution is 2.37. The molecule has 39 heavy (non-hydrogen) atoms. The fourth-order valence-corrected chi connectivity index (χ4v) is 6.64. The van der Waals surface area contributed by atoms with Crippen molar-refractivity contribution in [3.05, 3.63) is 90.0 Å². The number of nitrogens with zero attached hydrogens (tertiary/aromatic N) is 3. The van der Waals surface area contributed by atoms with Crippen molar-refractivity contribution in [2.45, 2.75) is 55.5 Å². The van der Waals surface area contributed by atoms with Crippen molar-refractivity contribution in [1.29, 1.82) is 0 Å². The summed E-state index contributed by atoms with van der Waals surface area (Å²) in [6.07, 6.45) is 6.27. The average Bonchev–Trinajstić information content (AvgIpc) is 3.39. The molecule has 9 heteroatoms. The van der Waals surface area contributed by atoms with Gasteiger partial charge in [0.05, 0.1) is 22.3 Å². The predicted molar refractivity (Wildman–Crippen MR) is 163 cm³/mol. The minimum Gasteiger partial charge on any atom is -0.378 e. The maximum Gasteiger partial charge on any atom is 0.263 e. The molecule has 1 aliphatic heterocycles. The van der Waals surface area contributed by atoms with E-state index >= 15 is 0 Å². The second kappa shape index (κ2) is 11.8. The van der Waals surface area contributed by atoms with E-state index in [1.165, 1.54) is 6.42 Å². The molecule has 0 spiro atoms. The molecule has 1 aliphatic carbocycles. The van der Waals surface area contributed by atoms with Gasteiger partial charge in [-0.15, -0.1) is 0 Å². The highest BCUT2D eigenvalue weighted by Gasteiger charge is 2.30. The monoisotopic (exact) mass is 561 g/mol. The second-order valence-corrected chi connectivity index (χ2v) is 12.5. The SMILES string of the molecule is CN(C)c1ccc(C2=NN(c3ccc(S(=O)(=O)NC(=S)NC4CCCCC4)cc3)C(c3ccccc3)C2)cc1. The molecule has 204 valence electrons. The van der Waals surface area contributed by atoms with E-state index in [0.29, 0.717) is 0 Å². The van der Waals surface area contributed by atoms with E-state index in [1.54, 1.807) is 12.1 Å². The van der Waals surface area contributed by atoms with Crippen molar-refractivity contribution in [1.82, 2.24) is 10.0 Å². The first kappa shape index (κ1) is 27.1. The van der Waals surface area contributed by atoms with Gasteiger partial charge in [-0.3, -0.25) is 9.73 Å². The molecular weight excluding hydrogens is 526 g/mol. The van der Waals surface area contributed by atoms with Crippen LogP contribution in [0.25, 0.3) is 0 Å². The van der Waals surface area contributed by atoms with Crippen LogP contribution in [0, 0.1) is 0 Å². The van der Waals surface area contributed by atoms with Crippen molar-refractivity contribution >= 4 is 44.4 Å². The first-order valence-electron chi connectivity index (χ1n) is 13.4. The number of sulfonamides is 1. The van der Waals surface area contributed by atoms with Crippen molar-refractivity contribution in [2.24, 2.45) is 5.10 Å². The van der Waals surface area contributed by atoms with Gasteiger partial charge in [0.25, 0.3) is 10.0 Å². The molecule has 3 aromatic carbocycles. The minimum atomic E-state index is -3.79. The summed E-state index contributed by atoms with van der Waals surface area (Å²) in [4.78, 5) is 2.24. The Labute approximate surface area is 237 Å². The molecule has 1 heterocycles. The largest absolute Gasteiger partial charge is 0.378 e. The predicted octanol–water partition coefficient (Wildman–Crippen LogP) is 5.59. The Hall–Kier alpha value is -3.43. The second-order valence-electron chi connectivity index (χ2n) is 10.4. The minimum absolute atomic E-state index is 0.00239. The Morgan fingerprint density at radius 1 is 0.923 bits per heavy atom. The van der Waals surface area contributed by atoms with E-state index in [0.717, 1.165) is 60.3 Å². The van der Waals surface area contributed by atoms with Gasteiger partial charge in [-0.2, -0.15) is 5.10 Å². The molecule has 1 unspecified atom stereocenters. The Bertz CT molecular complexity index is 1420. The van der Waals surface area contributed by atoms with Crippen LogP contribution in [0.15, 0.2) is 88.9 Å². The van der Waals surface area contributed by atoms with Gasteiger partial charge in [0, 0.05) is 32.2 Å². The Balaban J connectivity index is 1.36. The van der Waals surface area contributed by atoms with Crippen LogP contribution in [-0.2, 0) is 10.0 Å². The van der Waals surface area contributed by atoms with Crippen LogP contribution in [0.1, 0.15) is 55.7 Å². The molecule has 3 aromatic rings. The average molecular weight is 562 g/mol. The lowest BCUT2D eigenvalue weighted by Gasteiger charge is -2.25. The fraction of sp³-hybridized carbons (Fsp3) is 0.333. The summed E-state index contributed by atoms with van der Waals surface area (Å²) in [5.41, 5.74) is 5.18. The number of nitrogens with one attached hydrogen (secondary N) is 2. The van der Waals surface area contributed by atoms with Crippen molar-refractivity contribution < 1.29 is 8.42 Å². The van der Waals surface area contributed by atoms with E-state index in [4.69, 9.17) is 17.3 Å². The molecule has 2 N–H and O–H groups in total. The molecule has 5 rings (SSSR count). The summed E-state index contributed by atoms with van der Waals surface area (Å²) >= 11 is 5.32. The topological polar surface area (TPSA) is 77.0 Å². The first-order valence-corrected chi connectivity index (χ1v) is 15.3. The van der Waals surface area contributed by atoms with Crippen LogP contribution in [0.3, 0.4) is 0 Å². The molecule has 1 saturated carbocycles. The Kier molecular flexibility index (Phi) is 8.18. The highest BCUT2D eigenvalue weighted by molar-refractivity contribution is 7.91. The third-order valence-corrected chi connectivity index (χ3v) is 9.11. The maximum atomic E-state index is 13.0. The van der Waals surface area contributed by atoms with Gasteiger partial charge in [-0.1, -0.05) is 61.7 Å². The van der Waals surface area contributed by atoms with Gasteiger partial charge >= 0.3 is 0 Å². The van der Waals surface area contributed by atoms with Gasteiger partial charge in [-0.05, 0) is 72.6 Å². The number of benzene rings is 3. The van der Waals surface area contributed by atoms with Gasteiger partial charge < -0.3 is 10.2 Å². The van der Waals surface area contributed by atoms with Crippen LogP contribution in [-0.4, -0.2) is 39.4 Å². The van der Waals surface area contributed by atoms with Gasteiger partial charge in [-0.25, -0.2) is 8.42 Å². The van der Waals surface area contributed by atoms with Crippen LogP contribution >= 0.6 is 12.2 Å². The van der Waals surface area contributed by atoms with Crippen LogP contribution in [0.4, 0.5) is 11.4 Å². The standard InChI is InChI=1S/C30H35N5O2S2/c1-34(2)25-15-13-22(14-16-25)28-21-29(23-9-5-3-6-10-23)35(32-28)26-17-19-27(20-18-26)39(36,37)33-30(38)31-24-11-7-4-8-12-24/h3,5-6,9-10,13-20,24,29H,4,7-8,11-12,21H2,1-2H3,(H2,31,33,38). The lowest BCUT2D eigenvalue weighted by molar-refractivity contribution is 0.413. The van der Waals surface area contributed by atoms with Crippen molar-refractivity contribution in [3.63, 3.8) is 0 Å². The molecular formula is C30H35N5O2S2. The molecule has 0 amide bonds. The molecule has 0 aromatic heterocycles. The molecule has 1 fully saturated rings. The van der Waals surface area contributed by atoms with E-state index in [2.05, 4.69) is 51.3 Å². The molecule has 0 saturated heterocycles. The smallest absolute Gasteiger partial charge is 0.263 e. The summed E-state index contributed by atoms with van der Waals surface area (Å²) < 4.78 is 28.6. The molecule has 2 aliphatic rings. The quantitative estimate of drug-likeness (QED) is 0.366. The lowest BCUT2D eigenvalue weighted by Crippen LogP contribution is -2.44. The van der Waals surface area contributed by atoms with E-state index in [-0.39, 0.29) is 22.1 Å². The normalized spacial score (nSPS) is 17.9. The maximum absolute atomic E-state index is 13.0. The van der Waals surface area contributed by atoms with E-state index < -0.39 is 10.0 Å². The van der Waals surface area contributed by atoms with E-state index in [1.807, 2.05) is 49.4 Å². The number of hydrazone groups is 1. The molecule has 7 nitrogen and oxygen atoms in total.